The first-order valence-corrected chi connectivity index (χ1v) is 19.1. The fourth-order valence-electron chi connectivity index (χ4n) is 7.61. The first-order chi connectivity index (χ1) is 27.3. The number of piperidine rings is 1. The Bertz CT molecular complexity index is 2310. The number of nitrogens with zero attached hydrogens (tertiary/aromatic N) is 6. The lowest BCUT2D eigenvalue weighted by Gasteiger charge is -2.29. The highest BCUT2D eigenvalue weighted by Crippen LogP contribution is 2.33. The standard InChI is InChI=1S/C41H43N11O4/c42-40-47-41(50-52(40)34-22-27-10-6-9-26-8-3-4-11-29(26)37(27)49-48-34)45-28-17-15-25(16-18-28)23-44-35(53)14-2-1-5-21-43-32-13-7-12-30-31(32)24-51(39(30)56)33-19-20-36(54)46-38(33)55/h3-4,7-8,11-13,15-18,22,33,43H,1-2,5-6,9-10,14,19-21,23-24H2,(H,44,53)(H,46,54,55)(H3,42,45,47,50). The van der Waals surface area contributed by atoms with Gasteiger partial charge in [0.05, 0.1) is 5.69 Å². The second kappa shape index (κ2) is 16.0. The summed E-state index contributed by atoms with van der Waals surface area (Å²) in [6.07, 6.45) is 6.34. The van der Waals surface area contributed by atoms with E-state index in [1.54, 1.807) is 11.0 Å². The molecule has 4 heterocycles. The van der Waals surface area contributed by atoms with Crippen LogP contribution in [-0.4, -0.2) is 66.1 Å². The Hall–Kier alpha value is -6.64. The monoisotopic (exact) mass is 753 g/mol. The number of aryl methyl sites for hydroxylation is 2. The molecule has 8 rings (SSSR count). The van der Waals surface area contributed by atoms with Crippen LogP contribution in [0.1, 0.15) is 77.6 Å². The number of unbranched alkanes of at least 4 members (excludes halogenated alkanes) is 2. The number of hydrogen-bond acceptors (Lipinski definition) is 11. The summed E-state index contributed by atoms with van der Waals surface area (Å²) in [4.78, 5) is 55.6. The molecule has 1 saturated heterocycles. The molecular formula is C41H43N11O4. The molecule has 1 aliphatic carbocycles. The summed E-state index contributed by atoms with van der Waals surface area (Å²) < 4.78 is 1.49. The maximum atomic E-state index is 13.1. The number of nitrogens with two attached hydrogens (primary N) is 1. The van der Waals surface area contributed by atoms with Crippen molar-refractivity contribution in [3.8, 4) is 17.1 Å². The number of rotatable bonds is 13. The van der Waals surface area contributed by atoms with Gasteiger partial charge in [0.2, 0.25) is 29.6 Å². The number of aromatic nitrogens is 5. The number of nitrogen functional groups attached to an aromatic ring is 1. The van der Waals surface area contributed by atoms with Crippen molar-refractivity contribution < 1.29 is 19.2 Å². The molecular weight excluding hydrogens is 711 g/mol. The van der Waals surface area contributed by atoms with Gasteiger partial charge in [-0.2, -0.15) is 9.67 Å². The number of benzene rings is 3. The molecule has 15 heteroatoms. The van der Waals surface area contributed by atoms with Crippen LogP contribution < -0.4 is 27.0 Å². The quantitative estimate of drug-likeness (QED) is 0.0832. The Morgan fingerprint density at radius 3 is 2.57 bits per heavy atom. The van der Waals surface area contributed by atoms with Gasteiger partial charge in [-0.25, -0.2) is 0 Å². The minimum absolute atomic E-state index is 0.0107. The molecule has 3 aromatic carbocycles. The van der Waals surface area contributed by atoms with Gasteiger partial charge < -0.3 is 26.6 Å². The van der Waals surface area contributed by atoms with E-state index in [4.69, 9.17) is 5.73 Å². The van der Waals surface area contributed by atoms with Gasteiger partial charge in [-0.3, -0.25) is 24.5 Å². The second-order valence-electron chi connectivity index (χ2n) is 14.4. The summed E-state index contributed by atoms with van der Waals surface area (Å²) >= 11 is 0. The molecule has 0 saturated carbocycles. The molecule has 1 atom stereocenters. The Balaban J connectivity index is 0.761. The second-order valence-corrected chi connectivity index (χ2v) is 14.4. The topological polar surface area (TPSA) is 202 Å². The van der Waals surface area contributed by atoms with Gasteiger partial charge in [0, 0.05) is 60.5 Å². The van der Waals surface area contributed by atoms with E-state index >= 15 is 0 Å². The van der Waals surface area contributed by atoms with Crippen molar-refractivity contribution in [2.75, 3.05) is 22.9 Å². The number of imide groups is 1. The summed E-state index contributed by atoms with van der Waals surface area (Å²) in [5, 5.41) is 25.5. The molecule has 6 N–H and O–H groups in total. The van der Waals surface area contributed by atoms with E-state index in [1.165, 1.54) is 10.2 Å². The Morgan fingerprint density at radius 1 is 0.893 bits per heavy atom. The number of anilines is 4. The molecule has 0 bridgehead atoms. The van der Waals surface area contributed by atoms with Gasteiger partial charge >= 0.3 is 0 Å². The van der Waals surface area contributed by atoms with E-state index in [1.807, 2.05) is 48.5 Å². The predicted molar refractivity (Wildman–Crippen MR) is 210 cm³/mol. The predicted octanol–water partition coefficient (Wildman–Crippen LogP) is 4.59. The van der Waals surface area contributed by atoms with Gasteiger partial charge in [0.25, 0.3) is 5.91 Å². The molecule has 3 aliphatic rings. The fourth-order valence-corrected chi connectivity index (χ4v) is 7.61. The zero-order valence-corrected chi connectivity index (χ0v) is 30.9. The molecule has 56 heavy (non-hydrogen) atoms. The normalized spacial score (nSPS) is 16.0. The third-order valence-corrected chi connectivity index (χ3v) is 10.6. The van der Waals surface area contributed by atoms with Crippen LogP contribution in [0.15, 0.2) is 72.8 Å². The van der Waals surface area contributed by atoms with Crippen molar-refractivity contribution in [1.29, 1.82) is 0 Å². The molecule has 286 valence electrons. The van der Waals surface area contributed by atoms with Crippen LogP contribution >= 0.6 is 0 Å². The number of carbonyl (C=O) groups is 4. The van der Waals surface area contributed by atoms with Crippen molar-refractivity contribution in [3.63, 3.8) is 0 Å². The van der Waals surface area contributed by atoms with Gasteiger partial charge in [-0.1, -0.05) is 48.9 Å². The van der Waals surface area contributed by atoms with Gasteiger partial charge in [-0.05, 0) is 85.5 Å². The first kappa shape index (κ1) is 36.3. The Morgan fingerprint density at radius 2 is 1.71 bits per heavy atom. The number of amides is 4. The SMILES string of the molecule is Nc1nc(Nc2ccc(CNC(=O)CCCCCNc3cccc4c3CN(C3CCC(=O)NC3=O)C4=O)cc2)nn1-c1cc2c(nn1)-c1ccccc1CCC2. The molecule has 1 fully saturated rings. The lowest BCUT2D eigenvalue weighted by molar-refractivity contribution is -0.137. The van der Waals surface area contributed by atoms with E-state index in [-0.39, 0.29) is 30.1 Å². The van der Waals surface area contributed by atoms with E-state index in [0.29, 0.717) is 49.8 Å². The number of fused-ring (bicyclic) bond motifs is 4. The molecule has 2 aliphatic heterocycles. The molecule has 15 nitrogen and oxygen atoms in total. The summed E-state index contributed by atoms with van der Waals surface area (Å²) in [6, 6.07) is 22.9. The third-order valence-electron chi connectivity index (χ3n) is 10.6. The average molecular weight is 754 g/mol. The summed E-state index contributed by atoms with van der Waals surface area (Å²) in [5.41, 5.74) is 14.7. The Labute approximate surface area is 323 Å². The zero-order chi connectivity index (χ0) is 38.6. The lowest BCUT2D eigenvalue weighted by Crippen LogP contribution is -2.52. The first-order valence-electron chi connectivity index (χ1n) is 19.1. The highest BCUT2D eigenvalue weighted by molar-refractivity contribution is 6.06. The van der Waals surface area contributed by atoms with Crippen LogP contribution in [0.3, 0.4) is 0 Å². The highest BCUT2D eigenvalue weighted by atomic mass is 16.2. The smallest absolute Gasteiger partial charge is 0.255 e. The van der Waals surface area contributed by atoms with E-state index in [2.05, 4.69) is 59.7 Å². The maximum absolute atomic E-state index is 13.1. The van der Waals surface area contributed by atoms with Crippen LogP contribution in [-0.2, 0) is 40.3 Å². The van der Waals surface area contributed by atoms with Crippen LogP contribution in [0.4, 0.5) is 23.3 Å². The fraction of sp³-hybridized carbons (Fsp3) is 0.317. The summed E-state index contributed by atoms with van der Waals surface area (Å²) in [6.45, 7) is 1.42. The zero-order valence-electron chi connectivity index (χ0n) is 30.9. The van der Waals surface area contributed by atoms with E-state index < -0.39 is 11.9 Å². The number of hydrogen-bond donors (Lipinski definition) is 5. The van der Waals surface area contributed by atoms with Crippen molar-refractivity contribution in [3.05, 3.63) is 101 Å². The van der Waals surface area contributed by atoms with Gasteiger partial charge in [-0.15, -0.1) is 15.3 Å². The summed E-state index contributed by atoms with van der Waals surface area (Å²) in [5.74, 6) is 0.117. The van der Waals surface area contributed by atoms with Crippen LogP contribution in [0.2, 0.25) is 0 Å². The van der Waals surface area contributed by atoms with Gasteiger partial charge in [0.15, 0.2) is 5.82 Å². The third kappa shape index (κ3) is 7.78. The molecule has 1 unspecified atom stereocenters. The van der Waals surface area contributed by atoms with Gasteiger partial charge in [0.1, 0.15) is 6.04 Å². The summed E-state index contributed by atoms with van der Waals surface area (Å²) in [7, 11) is 0. The highest BCUT2D eigenvalue weighted by Gasteiger charge is 2.39. The largest absolute Gasteiger partial charge is 0.385 e. The Kier molecular flexibility index (Phi) is 10.4. The van der Waals surface area contributed by atoms with Crippen molar-refractivity contribution in [1.82, 2.24) is 40.5 Å². The minimum atomic E-state index is -0.643. The van der Waals surface area contributed by atoms with Crippen molar-refractivity contribution in [2.45, 2.75) is 76.9 Å². The van der Waals surface area contributed by atoms with Crippen molar-refractivity contribution in [2.24, 2.45) is 0 Å². The lowest BCUT2D eigenvalue weighted by atomic mass is 10.0. The van der Waals surface area contributed by atoms with Crippen LogP contribution in [0, 0.1) is 0 Å². The number of nitrogens with one attached hydrogen (secondary N) is 4. The molecule has 0 radical (unpaired) electrons. The maximum Gasteiger partial charge on any atom is 0.255 e. The van der Waals surface area contributed by atoms with Crippen LogP contribution in [0.25, 0.3) is 17.1 Å². The number of carbonyl (C=O) groups excluding carboxylic acids is 4. The van der Waals surface area contributed by atoms with Crippen LogP contribution in [0.5, 0.6) is 0 Å². The van der Waals surface area contributed by atoms with E-state index in [9.17, 15) is 19.2 Å². The minimum Gasteiger partial charge on any atom is -0.385 e. The molecule has 4 amide bonds. The van der Waals surface area contributed by atoms with Crippen molar-refractivity contribution >= 4 is 46.9 Å². The molecule has 5 aromatic rings. The molecule has 0 spiro atoms. The molecule has 2 aromatic heterocycles. The van der Waals surface area contributed by atoms with E-state index in [0.717, 1.165) is 77.8 Å². The average Bonchev–Trinajstić information content (AvgIpc) is 3.67.